The second kappa shape index (κ2) is 6.29. The quantitative estimate of drug-likeness (QED) is 0.597. The summed E-state index contributed by atoms with van der Waals surface area (Å²) in [5.74, 6) is 0.880. The van der Waals surface area contributed by atoms with E-state index in [0.29, 0.717) is 4.38 Å². The summed E-state index contributed by atoms with van der Waals surface area (Å²) in [7, 11) is 0. The summed E-state index contributed by atoms with van der Waals surface area (Å²) in [5, 5.41) is 0. The second-order valence-electron chi connectivity index (χ2n) is 1.22. The molecule has 0 aromatic heterocycles. The van der Waals surface area contributed by atoms with E-state index in [-0.39, 0.29) is 6.61 Å². The highest BCUT2D eigenvalue weighted by Gasteiger charge is 1.93. The Balaban J connectivity index is 3.06. The van der Waals surface area contributed by atoms with Crippen molar-refractivity contribution in [1.82, 2.24) is 0 Å². The normalized spacial score (nSPS) is 9.11. The average Bonchev–Trinajstić information content (AvgIpc) is 1.85. The van der Waals surface area contributed by atoms with Gasteiger partial charge in [0.1, 0.15) is 13.3 Å². The number of rotatable bonds is 3. The summed E-state index contributed by atoms with van der Waals surface area (Å²) in [6.45, 7) is 1.59. The highest BCUT2D eigenvalue weighted by molar-refractivity contribution is 8.22. The molecule has 0 heterocycles. The van der Waals surface area contributed by atoms with Crippen molar-refractivity contribution >= 4 is 28.4 Å². The molecule has 1 nitrogen and oxygen atoms in total. The van der Waals surface area contributed by atoms with Gasteiger partial charge >= 0.3 is 0 Å². The molecule has 0 bridgehead atoms. The van der Waals surface area contributed by atoms with Gasteiger partial charge in [-0.15, -0.1) is 0 Å². The van der Waals surface area contributed by atoms with Gasteiger partial charge in [0, 0.05) is 0 Å². The minimum absolute atomic E-state index is 0.0891. The molecule has 4 heteroatoms. The van der Waals surface area contributed by atoms with Crippen LogP contribution in [-0.2, 0) is 4.74 Å². The van der Waals surface area contributed by atoms with E-state index < -0.39 is 6.67 Å². The highest BCUT2D eigenvalue weighted by Crippen LogP contribution is 2.03. The minimum Gasteiger partial charge on any atom is -0.476 e. The lowest BCUT2D eigenvalue weighted by Gasteiger charge is -2.00. The van der Waals surface area contributed by atoms with E-state index in [0.717, 1.165) is 5.75 Å². The molecular formula is C5H9FOS2. The minimum atomic E-state index is -0.468. The van der Waals surface area contributed by atoms with E-state index in [9.17, 15) is 4.39 Å². The first-order chi connectivity index (χ1) is 4.31. The molecule has 0 aliphatic heterocycles. The zero-order valence-corrected chi connectivity index (χ0v) is 6.86. The maximum Gasteiger partial charge on any atom is 0.220 e. The van der Waals surface area contributed by atoms with Crippen LogP contribution in [0.15, 0.2) is 0 Å². The Hall–Kier alpha value is 0.170. The average molecular weight is 168 g/mol. The lowest BCUT2D eigenvalue weighted by atomic mass is 10.8. The molecule has 0 fully saturated rings. The molecule has 0 aliphatic rings. The van der Waals surface area contributed by atoms with E-state index in [2.05, 4.69) is 0 Å². The third-order valence-corrected chi connectivity index (χ3v) is 1.67. The Labute approximate surface area is 64.0 Å². The van der Waals surface area contributed by atoms with E-state index in [1.165, 1.54) is 11.8 Å². The lowest BCUT2D eigenvalue weighted by molar-refractivity contribution is 0.275. The van der Waals surface area contributed by atoms with Crippen LogP contribution < -0.4 is 0 Å². The van der Waals surface area contributed by atoms with Gasteiger partial charge < -0.3 is 4.74 Å². The number of hydrogen-bond acceptors (Lipinski definition) is 3. The Morgan fingerprint density at radius 1 is 1.78 bits per heavy atom. The molecule has 0 saturated heterocycles. The number of thiocarbonyl (C=S) groups is 1. The summed E-state index contributed by atoms with van der Waals surface area (Å²) < 4.78 is 16.6. The first-order valence-corrected chi connectivity index (χ1v) is 4.06. The van der Waals surface area contributed by atoms with Crippen LogP contribution in [0.4, 0.5) is 4.39 Å². The maximum atomic E-state index is 11.4. The molecule has 0 rings (SSSR count). The summed E-state index contributed by atoms with van der Waals surface area (Å²) in [6, 6.07) is 0. The molecule has 0 aliphatic carbocycles. The fraction of sp³-hybridized carbons (Fsp3) is 0.800. The predicted octanol–water partition coefficient (Wildman–Crippen LogP) is 2.01. The van der Waals surface area contributed by atoms with Gasteiger partial charge in [-0.2, -0.15) is 0 Å². The van der Waals surface area contributed by atoms with Crippen molar-refractivity contribution in [1.29, 1.82) is 0 Å². The lowest BCUT2D eigenvalue weighted by Crippen LogP contribution is -2.00. The van der Waals surface area contributed by atoms with Crippen LogP contribution in [0, 0.1) is 0 Å². The van der Waals surface area contributed by atoms with E-state index in [1.807, 2.05) is 6.92 Å². The van der Waals surface area contributed by atoms with E-state index >= 15 is 0 Å². The van der Waals surface area contributed by atoms with Crippen LogP contribution in [0.25, 0.3) is 0 Å². The number of alkyl halides is 1. The van der Waals surface area contributed by atoms with Crippen molar-refractivity contribution in [2.24, 2.45) is 0 Å². The van der Waals surface area contributed by atoms with E-state index in [4.69, 9.17) is 17.0 Å². The molecule has 0 aromatic carbocycles. The predicted molar refractivity (Wildman–Crippen MR) is 42.7 cm³/mol. The van der Waals surface area contributed by atoms with Crippen molar-refractivity contribution in [3.8, 4) is 0 Å². The van der Waals surface area contributed by atoms with Crippen LogP contribution in [0.5, 0.6) is 0 Å². The molecule has 0 radical (unpaired) electrons. The number of halogens is 1. The van der Waals surface area contributed by atoms with Crippen LogP contribution in [0.3, 0.4) is 0 Å². The molecule has 9 heavy (non-hydrogen) atoms. The van der Waals surface area contributed by atoms with Gasteiger partial charge in [0.15, 0.2) is 0 Å². The van der Waals surface area contributed by atoms with Crippen molar-refractivity contribution in [2.75, 3.05) is 19.0 Å². The Bertz CT molecular complexity index is 87.0. The van der Waals surface area contributed by atoms with Gasteiger partial charge in [-0.3, -0.25) is 0 Å². The van der Waals surface area contributed by atoms with Gasteiger partial charge in [-0.1, -0.05) is 18.7 Å². The molecule has 0 spiro atoms. The summed E-state index contributed by atoms with van der Waals surface area (Å²) in [4.78, 5) is 0. The van der Waals surface area contributed by atoms with Crippen LogP contribution in [0.2, 0.25) is 0 Å². The van der Waals surface area contributed by atoms with Crippen LogP contribution >= 0.6 is 24.0 Å². The van der Waals surface area contributed by atoms with Gasteiger partial charge in [0.2, 0.25) is 4.38 Å². The maximum absolute atomic E-state index is 11.4. The molecule has 0 amide bonds. The monoisotopic (exact) mass is 168 g/mol. The SMILES string of the molecule is CCSC(=S)OCCF. The zero-order valence-electron chi connectivity index (χ0n) is 5.22. The first-order valence-electron chi connectivity index (χ1n) is 2.66. The molecule has 0 unspecified atom stereocenters. The zero-order chi connectivity index (χ0) is 7.11. The molecule has 54 valence electrons. The Morgan fingerprint density at radius 2 is 2.44 bits per heavy atom. The number of hydrogen-bond donors (Lipinski definition) is 0. The molecule has 0 saturated carbocycles. The Kier molecular flexibility index (Phi) is 6.41. The van der Waals surface area contributed by atoms with Crippen molar-refractivity contribution in [2.45, 2.75) is 6.92 Å². The Morgan fingerprint density at radius 3 is 2.89 bits per heavy atom. The smallest absolute Gasteiger partial charge is 0.220 e. The molecule has 0 N–H and O–H groups in total. The van der Waals surface area contributed by atoms with Crippen molar-refractivity contribution < 1.29 is 9.13 Å². The van der Waals surface area contributed by atoms with Crippen LogP contribution in [-0.4, -0.2) is 23.4 Å². The van der Waals surface area contributed by atoms with Crippen molar-refractivity contribution in [3.05, 3.63) is 0 Å². The summed E-state index contributed by atoms with van der Waals surface area (Å²) in [6.07, 6.45) is 0. The summed E-state index contributed by atoms with van der Waals surface area (Å²) in [5.41, 5.74) is 0. The largest absolute Gasteiger partial charge is 0.476 e. The van der Waals surface area contributed by atoms with Gasteiger partial charge in [-0.05, 0) is 18.0 Å². The van der Waals surface area contributed by atoms with Gasteiger partial charge in [-0.25, -0.2) is 4.39 Å². The van der Waals surface area contributed by atoms with Gasteiger partial charge in [0.25, 0.3) is 0 Å². The number of thioether (sulfide) groups is 1. The third kappa shape index (κ3) is 6.05. The fourth-order valence-electron chi connectivity index (χ4n) is 0.281. The summed E-state index contributed by atoms with van der Waals surface area (Å²) >= 11 is 6.11. The van der Waals surface area contributed by atoms with E-state index in [1.54, 1.807) is 0 Å². The molecular weight excluding hydrogens is 159 g/mol. The fourth-order valence-corrected chi connectivity index (χ4v) is 1.12. The third-order valence-electron chi connectivity index (χ3n) is 0.559. The molecule has 0 atom stereocenters. The van der Waals surface area contributed by atoms with Gasteiger partial charge in [0.05, 0.1) is 0 Å². The topological polar surface area (TPSA) is 9.23 Å². The van der Waals surface area contributed by atoms with Crippen molar-refractivity contribution in [3.63, 3.8) is 0 Å². The standard InChI is InChI=1S/C5H9FOS2/c1-2-9-5(8)7-4-3-6/h2-4H2,1H3. The van der Waals surface area contributed by atoms with Crippen LogP contribution in [0.1, 0.15) is 6.92 Å². The highest BCUT2D eigenvalue weighted by atomic mass is 32.2. The number of ether oxygens (including phenoxy) is 1. The first kappa shape index (κ1) is 9.17. The second-order valence-corrected chi connectivity index (χ2v) is 3.09. The molecule has 0 aromatic rings.